The minimum atomic E-state index is -0.823. The third kappa shape index (κ3) is 5.34. The highest BCUT2D eigenvalue weighted by molar-refractivity contribution is 6.32. The maximum absolute atomic E-state index is 13.7. The number of halogens is 2. The van der Waals surface area contributed by atoms with Gasteiger partial charge < -0.3 is 14.4 Å². The maximum atomic E-state index is 13.7. The van der Waals surface area contributed by atoms with E-state index in [2.05, 4.69) is 17.4 Å². The lowest BCUT2D eigenvalue weighted by Crippen LogP contribution is -2.41. The zero-order valence-electron chi connectivity index (χ0n) is 23.0. The van der Waals surface area contributed by atoms with Crippen LogP contribution in [0.3, 0.4) is 0 Å². The van der Waals surface area contributed by atoms with E-state index in [0.29, 0.717) is 24.4 Å². The Morgan fingerprint density at radius 2 is 1.93 bits per heavy atom. The SMILES string of the molecule is O=C1OCCCCn2cc3c(cccc3n2)-c2cccc(c2)O[C@H]2C[C@@H]1N(C(=O)c1cnn(-c3ccc(F)cc3Cl)c1)C2. The number of fused-ring (bicyclic) bond motifs is 6. The van der Waals surface area contributed by atoms with Crippen molar-refractivity contribution in [1.29, 1.82) is 0 Å². The average Bonchev–Trinajstić information content (AvgIpc) is 3.75. The molecule has 4 heterocycles. The Balaban J connectivity index is 1.18. The Bertz CT molecular complexity index is 1850. The number of cyclic esters (lactones) is 1. The highest BCUT2D eigenvalue weighted by Crippen LogP contribution is 2.33. The summed E-state index contributed by atoms with van der Waals surface area (Å²) in [5, 5.41) is 10.2. The molecule has 2 atom stereocenters. The number of carbonyl (C=O) groups is 2. The number of aromatic nitrogens is 4. The molecule has 3 aromatic carbocycles. The molecule has 0 aliphatic carbocycles. The summed E-state index contributed by atoms with van der Waals surface area (Å²) in [5.74, 6) is -0.700. The molecule has 0 unspecified atom stereocenters. The first-order valence-corrected chi connectivity index (χ1v) is 14.5. The molecule has 9 nitrogen and oxygen atoms in total. The van der Waals surface area contributed by atoms with Crippen LogP contribution in [0.4, 0.5) is 4.39 Å². The van der Waals surface area contributed by atoms with Crippen LogP contribution in [0.1, 0.15) is 29.6 Å². The van der Waals surface area contributed by atoms with Gasteiger partial charge in [0, 0.05) is 30.7 Å². The van der Waals surface area contributed by atoms with Gasteiger partial charge in [0.05, 0.1) is 41.1 Å². The highest BCUT2D eigenvalue weighted by atomic mass is 35.5. The Labute approximate surface area is 251 Å². The van der Waals surface area contributed by atoms with Gasteiger partial charge >= 0.3 is 5.97 Å². The summed E-state index contributed by atoms with van der Waals surface area (Å²) < 4.78 is 28.9. The van der Waals surface area contributed by atoms with Crippen molar-refractivity contribution in [2.45, 2.75) is 38.0 Å². The average molecular weight is 600 g/mol. The lowest BCUT2D eigenvalue weighted by atomic mass is 10.0. The molecule has 5 aromatic rings. The molecule has 6 bridgehead atoms. The Morgan fingerprint density at radius 3 is 2.81 bits per heavy atom. The van der Waals surface area contributed by atoms with Gasteiger partial charge in [-0.2, -0.15) is 10.2 Å². The van der Waals surface area contributed by atoms with Crippen LogP contribution < -0.4 is 4.74 Å². The van der Waals surface area contributed by atoms with E-state index in [9.17, 15) is 14.0 Å². The van der Waals surface area contributed by atoms with Gasteiger partial charge in [-0.1, -0.05) is 35.9 Å². The predicted octanol–water partition coefficient (Wildman–Crippen LogP) is 5.68. The van der Waals surface area contributed by atoms with Gasteiger partial charge in [0.25, 0.3) is 5.91 Å². The zero-order valence-corrected chi connectivity index (χ0v) is 23.8. The van der Waals surface area contributed by atoms with E-state index in [0.717, 1.165) is 28.5 Å². The normalized spacial score (nSPS) is 18.8. The molecule has 0 N–H and O–H groups in total. The van der Waals surface area contributed by atoms with Gasteiger partial charge in [-0.15, -0.1) is 0 Å². The van der Waals surface area contributed by atoms with Crippen molar-refractivity contribution in [1.82, 2.24) is 24.5 Å². The minimum absolute atomic E-state index is 0.156. The van der Waals surface area contributed by atoms with Crippen LogP contribution in [0.5, 0.6) is 5.75 Å². The molecule has 0 saturated carbocycles. The fraction of sp³-hybridized carbons (Fsp3) is 0.250. The van der Waals surface area contributed by atoms with Crippen molar-refractivity contribution in [2.24, 2.45) is 0 Å². The number of benzene rings is 3. The first-order valence-electron chi connectivity index (χ1n) is 14.1. The van der Waals surface area contributed by atoms with E-state index < -0.39 is 23.9 Å². The van der Waals surface area contributed by atoms with E-state index >= 15 is 0 Å². The van der Waals surface area contributed by atoms with E-state index in [1.54, 1.807) is 0 Å². The molecular formula is C32H27ClFN5O4. The van der Waals surface area contributed by atoms with Crippen LogP contribution in [-0.2, 0) is 16.1 Å². The summed E-state index contributed by atoms with van der Waals surface area (Å²) in [6.07, 6.45) is 6.25. The highest BCUT2D eigenvalue weighted by Gasteiger charge is 2.42. The number of esters is 1. The van der Waals surface area contributed by atoms with Crippen LogP contribution in [0.25, 0.3) is 27.7 Å². The van der Waals surface area contributed by atoms with Crippen LogP contribution in [0.2, 0.25) is 5.02 Å². The van der Waals surface area contributed by atoms with Gasteiger partial charge in [-0.05, 0) is 60.4 Å². The second-order valence-electron chi connectivity index (χ2n) is 10.8. The summed E-state index contributed by atoms with van der Waals surface area (Å²) in [6, 6.07) is 17.0. The number of likely N-dealkylation sites (tertiary alicyclic amines) is 1. The molecule has 0 radical (unpaired) electrons. The van der Waals surface area contributed by atoms with Crippen LogP contribution in [0, 0.1) is 5.82 Å². The Hall–Kier alpha value is -4.70. The van der Waals surface area contributed by atoms with E-state index in [1.807, 2.05) is 41.1 Å². The van der Waals surface area contributed by atoms with Crippen LogP contribution >= 0.6 is 11.6 Å². The summed E-state index contributed by atoms with van der Waals surface area (Å²) in [7, 11) is 0. The smallest absolute Gasteiger partial charge is 0.329 e. The number of nitrogens with zero attached hydrogens (tertiary/aromatic N) is 5. The van der Waals surface area contributed by atoms with Gasteiger partial charge in [0.2, 0.25) is 0 Å². The number of hydrogen-bond acceptors (Lipinski definition) is 6. The van der Waals surface area contributed by atoms with Crippen molar-refractivity contribution >= 4 is 34.4 Å². The third-order valence-corrected chi connectivity index (χ3v) is 8.16. The van der Waals surface area contributed by atoms with Crippen LogP contribution in [-0.4, -0.2) is 61.6 Å². The molecule has 7 rings (SSSR count). The number of ether oxygens (including phenoxy) is 2. The lowest BCUT2D eigenvalue weighted by molar-refractivity contribution is -0.148. The number of amides is 1. The molecule has 1 amide bonds. The molecule has 43 heavy (non-hydrogen) atoms. The van der Waals surface area contributed by atoms with Crippen LogP contribution in [0.15, 0.2) is 79.3 Å². The van der Waals surface area contributed by atoms with E-state index in [-0.39, 0.29) is 36.1 Å². The second-order valence-corrected chi connectivity index (χ2v) is 11.2. The van der Waals surface area contributed by atoms with E-state index in [4.69, 9.17) is 26.2 Å². The van der Waals surface area contributed by atoms with Gasteiger partial charge in [0.1, 0.15) is 23.7 Å². The largest absolute Gasteiger partial charge is 0.488 e. The molecule has 218 valence electrons. The monoisotopic (exact) mass is 599 g/mol. The second kappa shape index (κ2) is 11.2. The fourth-order valence-corrected chi connectivity index (χ4v) is 6.02. The lowest BCUT2D eigenvalue weighted by Gasteiger charge is -2.22. The zero-order chi connectivity index (χ0) is 29.5. The summed E-state index contributed by atoms with van der Waals surface area (Å²) in [5.41, 5.74) is 3.63. The number of aryl methyl sites for hydroxylation is 1. The number of rotatable bonds is 2. The predicted molar refractivity (Wildman–Crippen MR) is 158 cm³/mol. The third-order valence-electron chi connectivity index (χ3n) is 7.85. The number of carbonyl (C=O) groups excluding carboxylic acids is 2. The molecular weight excluding hydrogens is 573 g/mol. The fourth-order valence-electron chi connectivity index (χ4n) is 5.76. The molecule has 1 saturated heterocycles. The van der Waals surface area contributed by atoms with E-state index in [1.165, 1.54) is 40.2 Å². The molecule has 2 aromatic heterocycles. The molecule has 2 aliphatic heterocycles. The topological polar surface area (TPSA) is 91.5 Å². The number of hydrogen-bond donors (Lipinski definition) is 0. The van der Waals surface area contributed by atoms with Crippen molar-refractivity contribution < 1.29 is 23.5 Å². The molecule has 1 fully saturated rings. The minimum Gasteiger partial charge on any atom is -0.488 e. The molecule has 2 aliphatic rings. The standard InChI is InChI=1S/C32H27ClFN5O4/c33-27-14-22(34)9-10-29(27)39-17-21(16-35-39)31(40)38-18-24-15-30(38)32(41)42-12-2-1-11-37-19-26-25(7-4-8-28(26)36-37)20-5-3-6-23(13-20)43-24/h3-10,13-14,16-17,19,24,30H,1-2,11-12,15,18H2/t24-,30-/m0/s1. The maximum Gasteiger partial charge on any atom is 0.329 e. The first-order chi connectivity index (χ1) is 20.9. The van der Waals surface area contributed by atoms with Crippen molar-refractivity contribution in [2.75, 3.05) is 13.2 Å². The molecule has 0 spiro atoms. The quantitative estimate of drug-likeness (QED) is 0.243. The van der Waals surface area contributed by atoms with Gasteiger partial charge in [-0.25, -0.2) is 13.9 Å². The van der Waals surface area contributed by atoms with Crippen molar-refractivity contribution in [3.8, 4) is 22.6 Å². The summed E-state index contributed by atoms with van der Waals surface area (Å²) in [6.45, 7) is 1.11. The Morgan fingerprint density at radius 1 is 1.05 bits per heavy atom. The van der Waals surface area contributed by atoms with Gasteiger partial charge in [-0.3, -0.25) is 9.48 Å². The first kappa shape index (κ1) is 27.2. The summed E-state index contributed by atoms with van der Waals surface area (Å²) >= 11 is 6.20. The Kier molecular flexibility index (Phi) is 7.06. The molecule has 11 heteroatoms. The van der Waals surface area contributed by atoms with Crippen molar-refractivity contribution in [3.05, 3.63) is 95.7 Å². The van der Waals surface area contributed by atoms with Crippen molar-refractivity contribution in [3.63, 3.8) is 0 Å². The summed E-state index contributed by atoms with van der Waals surface area (Å²) in [4.78, 5) is 28.5. The van der Waals surface area contributed by atoms with Gasteiger partial charge in [0.15, 0.2) is 0 Å².